The van der Waals surface area contributed by atoms with Crippen molar-refractivity contribution in [1.29, 1.82) is 0 Å². The highest BCUT2D eigenvalue weighted by atomic mass is 32.2. The largest absolute Gasteiger partial charge is 0.363 e. The average molecular weight is 230 g/mol. The molecule has 0 fully saturated rings. The molecule has 2 rings (SSSR count). The van der Waals surface area contributed by atoms with Crippen molar-refractivity contribution in [2.75, 3.05) is 12.4 Å². The van der Waals surface area contributed by atoms with Crippen LogP contribution in [0.4, 0.5) is 5.13 Å². The van der Waals surface area contributed by atoms with Crippen LogP contribution in [0.15, 0.2) is 20.3 Å². The predicted molar refractivity (Wildman–Crippen MR) is 55.7 cm³/mol. The van der Waals surface area contributed by atoms with Crippen LogP contribution in [-0.4, -0.2) is 22.2 Å². The molecule has 0 unspecified atom stereocenters. The SMILES string of the molecule is CNc1nnc(Sc2nccs2)s1. The molecule has 7 heteroatoms. The van der Waals surface area contributed by atoms with Crippen LogP contribution in [0.1, 0.15) is 0 Å². The second-order valence-electron chi connectivity index (χ2n) is 2.02. The summed E-state index contributed by atoms with van der Waals surface area (Å²) in [4.78, 5) is 4.15. The normalized spacial score (nSPS) is 10.2. The molecule has 0 radical (unpaired) electrons. The third-order valence-corrected chi connectivity index (χ3v) is 4.08. The van der Waals surface area contributed by atoms with Crippen LogP contribution in [0.25, 0.3) is 0 Å². The minimum absolute atomic E-state index is 0.832. The molecule has 0 bridgehead atoms. The van der Waals surface area contributed by atoms with E-state index in [0.717, 1.165) is 13.8 Å². The van der Waals surface area contributed by atoms with E-state index < -0.39 is 0 Å². The lowest BCUT2D eigenvalue weighted by atomic mass is 11.0. The summed E-state index contributed by atoms with van der Waals surface area (Å²) in [7, 11) is 1.83. The van der Waals surface area contributed by atoms with Crippen molar-refractivity contribution in [2.45, 2.75) is 8.68 Å². The fourth-order valence-electron chi connectivity index (χ4n) is 0.687. The van der Waals surface area contributed by atoms with Gasteiger partial charge in [-0.2, -0.15) is 0 Å². The first kappa shape index (κ1) is 8.92. The first-order valence-electron chi connectivity index (χ1n) is 3.47. The van der Waals surface area contributed by atoms with E-state index in [2.05, 4.69) is 20.5 Å². The molecule has 0 aliphatic carbocycles. The zero-order valence-electron chi connectivity index (χ0n) is 6.72. The molecule has 0 atom stereocenters. The number of hydrogen-bond acceptors (Lipinski definition) is 7. The zero-order chi connectivity index (χ0) is 9.10. The van der Waals surface area contributed by atoms with Gasteiger partial charge >= 0.3 is 0 Å². The van der Waals surface area contributed by atoms with E-state index in [0.29, 0.717) is 0 Å². The summed E-state index contributed by atoms with van der Waals surface area (Å²) in [5, 5.41) is 13.6. The van der Waals surface area contributed by atoms with Gasteiger partial charge in [-0.3, -0.25) is 0 Å². The summed E-state index contributed by atoms with van der Waals surface area (Å²) in [6.45, 7) is 0. The number of nitrogens with zero attached hydrogens (tertiary/aromatic N) is 3. The topological polar surface area (TPSA) is 50.7 Å². The fraction of sp³-hybridized carbons (Fsp3) is 0.167. The second-order valence-corrected chi connectivity index (χ2v) is 5.39. The van der Waals surface area contributed by atoms with Gasteiger partial charge in [0.2, 0.25) is 5.13 Å². The van der Waals surface area contributed by atoms with E-state index in [1.54, 1.807) is 29.3 Å². The smallest absolute Gasteiger partial charge is 0.206 e. The van der Waals surface area contributed by atoms with E-state index in [1.165, 1.54) is 11.3 Å². The van der Waals surface area contributed by atoms with Crippen molar-refractivity contribution in [3.05, 3.63) is 11.6 Å². The van der Waals surface area contributed by atoms with Crippen LogP contribution in [-0.2, 0) is 0 Å². The van der Waals surface area contributed by atoms with Gasteiger partial charge in [-0.25, -0.2) is 4.98 Å². The Morgan fingerprint density at radius 2 is 2.31 bits per heavy atom. The highest BCUT2D eigenvalue weighted by molar-refractivity contribution is 8.02. The first-order chi connectivity index (χ1) is 6.38. The maximum Gasteiger partial charge on any atom is 0.206 e. The molecule has 1 N–H and O–H groups in total. The number of rotatable bonds is 3. The number of nitrogens with one attached hydrogen (secondary N) is 1. The van der Waals surface area contributed by atoms with Crippen molar-refractivity contribution in [3.8, 4) is 0 Å². The highest BCUT2D eigenvalue weighted by Gasteiger charge is 2.05. The standard InChI is InChI=1S/C6H6N4S3/c1-7-4-9-10-6(12-4)13-5-8-2-3-11-5/h2-3H,1H3,(H,7,9). The van der Waals surface area contributed by atoms with Crippen LogP contribution >= 0.6 is 34.4 Å². The van der Waals surface area contributed by atoms with Gasteiger partial charge in [0.05, 0.1) is 0 Å². The number of thiazole rings is 1. The summed E-state index contributed by atoms with van der Waals surface area (Å²) in [6, 6.07) is 0. The molecule has 2 aromatic rings. The molecule has 0 saturated heterocycles. The monoisotopic (exact) mass is 230 g/mol. The molecule has 0 aromatic carbocycles. The number of anilines is 1. The van der Waals surface area contributed by atoms with Gasteiger partial charge in [0, 0.05) is 18.6 Å². The van der Waals surface area contributed by atoms with Gasteiger partial charge in [-0.1, -0.05) is 11.3 Å². The molecule has 68 valence electrons. The minimum Gasteiger partial charge on any atom is -0.363 e. The van der Waals surface area contributed by atoms with Crippen LogP contribution in [0.5, 0.6) is 0 Å². The van der Waals surface area contributed by atoms with Gasteiger partial charge in [0.15, 0.2) is 8.68 Å². The van der Waals surface area contributed by atoms with Crippen LogP contribution < -0.4 is 5.32 Å². The summed E-state index contributed by atoms with van der Waals surface area (Å²) >= 11 is 4.68. The molecule has 0 saturated carbocycles. The van der Waals surface area contributed by atoms with E-state index in [-0.39, 0.29) is 0 Å². The third kappa shape index (κ3) is 2.17. The summed E-state index contributed by atoms with van der Waals surface area (Å²) in [5.74, 6) is 0. The lowest BCUT2D eigenvalue weighted by molar-refractivity contribution is 1.01. The van der Waals surface area contributed by atoms with E-state index in [9.17, 15) is 0 Å². The van der Waals surface area contributed by atoms with Crippen molar-refractivity contribution in [2.24, 2.45) is 0 Å². The van der Waals surface area contributed by atoms with Gasteiger partial charge in [0.25, 0.3) is 0 Å². The quantitative estimate of drug-likeness (QED) is 0.876. The molecular formula is C6H6N4S3. The molecular weight excluding hydrogens is 224 g/mol. The average Bonchev–Trinajstić information content (AvgIpc) is 2.76. The summed E-state index contributed by atoms with van der Waals surface area (Å²) in [5.41, 5.74) is 0. The van der Waals surface area contributed by atoms with E-state index >= 15 is 0 Å². The Hall–Kier alpha value is -0.660. The lowest BCUT2D eigenvalue weighted by Crippen LogP contribution is -1.84. The highest BCUT2D eigenvalue weighted by Crippen LogP contribution is 2.32. The van der Waals surface area contributed by atoms with Crippen LogP contribution in [0.2, 0.25) is 0 Å². The lowest BCUT2D eigenvalue weighted by Gasteiger charge is -1.87. The van der Waals surface area contributed by atoms with Gasteiger partial charge < -0.3 is 5.32 Å². The molecule has 0 spiro atoms. The van der Waals surface area contributed by atoms with Crippen LogP contribution in [0, 0.1) is 0 Å². The summed E-state index contributed by atoms with van der Waals surface area (Å²) < 4.78 is 1.91. The Morgan fingerprint density at radius 3 is 2.92 bits per heavy atom. The Labute approximate surface area is 87.4 Å². The van der Waals surface area contributed by atoms with E-state index in [1.807, 2.05) is 12.4 Å². The Balaban J connectivity index is 2.10. The Kier molecular flexibility index (Phi) is 2.77. The maximum absolute atomic E-state index is 4.15. The molecule has 0 amide bonds. The summed E-state index contributed by atoms with van der Waals surface area (Å²) in [6.07, 6.45) is 1.78. The van der Waals surface area contributed by atoms with Gasteiger partial charge in [-0.05, 0) is 11.8 Å². The van der Waals surface area contributed by atoms with Gasteiger partial charge in [0.1, 0.15) is 0 Å². The Morgan fingerprint density at radius 1 is 1.38 bits per heavy atom. The molecule has 2 aromatic heterocycles. The fourth-order valence-corrected chi connectivity index (χ4v) is 3.22. The van der Waals surface area contributed by atoms with Crippen molar-refractivity contribution in [1.82, 2.24) is 15.2 Å². The molecule has 2 heterocycles. The minimum atomic E-state index is 0.832. The maximum atomic E-state index is 4.15. The first-order valence-corrected chi connectivity index (χ1v) is 5.98. The molecule has 13 heavy (non-hydrogen) atoms. The van der Waals surface area contributed by atoms with Gasteiger partial charge in [-0.15, -0.1) is 21.5 Å². The van der Waals surface area contributed by atoms with Crippen molar-refractivity contribution in [3.63, 3.8) is 0 Å². The number of hydrogen-bond donors (Lipinski definition) is 1. The Bertz CT molecular complexity index is 369. The van der Waals surface area contributed by atoms with Crippen molar-refractivity contribution < 1.29 is 0 Å². The third-order valence-electron chi connectivity index (χ3n) is 1.20. The second kappa shape index (κ2) is 4.03. The molecule has 0 aliphatic heterocycles. The van der Waals surface area contributed by atoms with Crippen LogP contribution in [0.3, 0.4) is 0 Å². The number of aromatic nitrogens is 3. The molecule has 0 aliphatic rings. The molecule has 4 nitrogen and oxygen atoms in total. The zero-order valence-corrected chi connectivity index (χ0v) is 9.17. The van der Waals surface area contributed by atoms with E-state index in [4.69, 9.17) is 0 Å². The predicted octanol–water partition coefficient (Wildman–Crippen LogP) is 2.19. The van der Waals surface area contributed by atoms with Crippen molar-refractivity contribution >= 4 is 39.6 Å².